The first-order valence-corrected chi connectivity index (χ1v) is 8.51. The van der Waals surface area contributed by atoms with Gasteiger partial charge in [0.1, 0.15) is 23.2 Å². The summed E-state index contributed by atoms with van der Waals surface area (Å²) in [6.45, 7) is 6.87. The van der Waals surface area contributed by atoms with E-state index in [4.69, 9.17) is 22.3 Å². The molecule has 0 unspecified atom stereocenters. The third kappa shape index (κ3) is 3.54. The number of hydrogen-bond donors (Lipinski definition) is 1. The Morgan fingerprint density at radius 1 is 1.12 bits per heavy atom. The molecule has 0 amide bonds. The SMILES string of the molecule is CC(C)(C)c1nc(-c2ccc(Cl)c(F)c2)c(N)n1Cc1ccccc1. The third-order valence-electron chi connectivity index (χ3n) is 4.05. The topological polar surface area (TPSA) is 43.8 Å². The number of nitrogens with two attached hydrogens (primary N) is 1. The van der Waals surface area contributed by atoms with E-state index in [1.807, 2.05) is 34.9 Å². The molecule has 0 bridgehead atoms. The summed E-state index contributed by atoms with van der Waals surface area (Å²) in [5.41, 5.74) is 8.54. The highest BCUT2D eigenvalue weighted by Crippen LogP contribution is 2.33. The predicted octanol–water partition coefficient (Wildman–Crippen LogP) is 5.27. The van der Waals surface area contributed by atoms with Crippen LogP contribution in [0.15, 0.2) is 48.5 Å². The van der Waals surface area contributed by atoms with E-state index in [2.05, 4.69) is 20.8 Å². The van der Waals surface area contributed by atoms with Crippen LogP contribution in [0.3, 0.4) is 0 Å². The number of halogens is 2. The summed E-state index contributed by atoms with van der Waals surface area (Å²) < 4.78 is 15.9. The molecule has 3 rings (SSSR count). The van der Waals surface area contributed by atoms with Gasteiger partial charge in [0.25, 0.3) is 0 Å². The highest BCUT2D eigenvalue weighted by molar-refractivity contribution is 6.30. The molecular weight excluding hydrogens is 337 g/mol. The van der Waals surface area contributed by atoms with E-state index >= 15 is 0 Å². The second-order valence-electron chi connectivity index (χ2n) is 7.12. The molecule has 0 saturated heterocycles. The van der Waals surface area contributed by atoms with Gasteiger partial charge >= 0.3 is 0 Å². The lowest BCUT2D eigenvalue weighted by molar-refractivity contribution is 0.513. The number of hydrogen-bond acceptors (Lipinski definition) is 2. The molecule has 130 valence electrons. The van der Waals surface area contributed by atoms with E-state index in [-0.39, 0.29) is 10.4 Å². The lowest BCUT2D eigenvalue weighted by atomic mass is 9.95. The van der Waals surface area contributed by atoms with Gasteiger partial charge in [-0.05, 0) is 17.7 Å². The fourth-order valence-electron chi connectivity index (χ4n) is 2.82. The number of nitrogen functional groups attached to an aromatic ring is 1. The van der Waals surface area contributed by atoms with Crippen molar-refractivity contribution < 1.29 is 4.39 Å². The molecule has 0 atom stereocenters. The summed E-state index contributed by atoms with van der Waals surface area (Å²) in [5, 5.41) is 0.0853. The summed E-state index contributed by atoms with van der Waals surface area (Å²) in [6.07, 6.45) is 0. The summed E-state index contributed by atoms with van der Waals surface area (Å²) in [4.78, 5) is 4.75. The van der Waals surface area contributed by atoms with Gasteiger partial charge in [0, 0.05) is 11.0 Å². The van der Waals surface area contributed by atoms with Crippen LogP contribution in [0.1, 0.15) is 32.2 Å². The normalized spacial score (nSPS) is 11.7. The Morgan fingerprint density at radius 2 is 1.80 bits per heavy atom. The Morgan fingerprint density at radius 3 is 2.40 bits per heavy atom. The Balaban J connectivity index is 2.13. The van der Waals surface area contributed by atoms with Crippen LogP contribution in [-0.4, -0.2) is 9.55 Å². The molecule has 2 N–H and O–H groups in total. The quantitative estimate of drug-likeness (QED) is 0.693. The molecule has 0 spiro atoms. The fourth-order valence-corrected chi connectivity index (χ4v) is 2.94. The second kappa shape index (κ2) is 6.52. The standard InChI is InChI=1S/C20H21ClFN3/c1-20(2,3)19-24-17(14-9-10-15(21)16(22)11-14)18(23)25(19)12-13-7-5-4-6-8-13/h4-11H,12,23H2,1-3H3. The fraction of sp³-hybridized carbons (Fsp3) is 0.250. The number of nitrogens with zero attached hydrogens (tertiary/aromatic N) is 2. The van der Waals surface area contributed by atoms with Crippen LogP contribution in [-0.2, 0) is 12.0 Å². The van der Waals surface area contributed by atoms with E-state index in [1.54, 1.807) is 6.07 Å². The van der Waals surface area contributed by atoms with Gasteiger partial charge in [0.15, 0.2) is 0 Å². The average molecular weight is 358 g/mol. The van der Waals surface area contributed by atoms with E-state index in [0.717, 1.165) is 11.4 Å². The van der Waals surface area contributed by atoms with Crippen molar-refractivity contribution in [2.24, 2.45) is 0 Å². The number of imidazole rings is 1. The first kappa shape index (κ1) is 17.5. The van der Waals surface area contributed by atoms with E-state index in [1.165, 1.54) is 12.1 Å². The van der Waals surface area contributed by atoms with Crippen molar-refractivity contribution >= 4 is 17.4 Å². The van der Waals surface area contributed by atoms with Gasteiger partial charge in [-0.1, -0.05) is 68.8 Å². The predicted molar refractivity (Wildman–Crippen MR) is 101 cm³/mol. The zero-order valence-electron chi connectivity index (χ0n) is 14.6. The molecule has 1 heterocycles. The van der Waals surface area contributed by atoms with Crippen molar-refractivity contribution in [3.05, 3.63) is 70.8 Å². The van der Waals surface area contributed by atoms with Crippen LogP contribution in [0.4, 0.5) is 10.2 Å². The minimum atomic E-state index is -0.478. The van der Waals surface area contributed by atoms with Crippen LogP contribution in [0, 0.1) is 5.82 Å². The Bertz CT molecular complexity index is 895. The third-order valence-corrected chi connectivity index (χ3v) is 4.36. The molecule has 0 aliphatic carbocycles. The van der Waals surface area contributed by atoms with Crippen LogP contribution in [0.5, 0.6) is 0 Å². The lowest BCUT2D eigenvalue weighted by Crippen LogP contribution is -2.20. The molecule has 25 heavy (non-hydrogen) atoms. The van der Waals surface area contributed by atoms with Gasteiger partial charge in [-0.2, -0.15) is 0 Å². The second-order valence-corrected chi connectivity index (χ2v) is 7.53. The van der Waals surface area contributed by atoms with E-state index in [9.17, 15) is 4.39 Å². The van der Waals surface area contributed by atoms with Crippen LogP contribution in [0.2, 0.25) is 5.02 Å². The number of benzene rings is 2. The molecule has 3 nitrogen and oxygen atoms in total. The number of rotatable bonds is 3. The zero-order valence-corrected chi connectivity index (χ0v) is 15.3. The van der Waals surface area contributed by atoms with Gasteiger partial charge < -0.3 is 10.3 Å². The summed E-state index contributed by atoms with van der Waals surface area (Å²) in [7, 11) is 0. The first-order valence-electron chi connectivity index (χ1n) is 8.13. The Hall–Kier alpha value is -2.33. The minimum absolute atomic E-state index is 0.0853. The molecule has 0 saturated carbocycles. The molecule has 2 aromatic carbocycles. The molecule has 1 aromatic heterocycles. The summed E-state index contributed by atoms with van der Waals surface area (Å²) in [6, 6.07) is 14.7. The molecule has 0 aliphatic heterocycles. The maximum absolute atomic E-state index is 13.9. The van der Waals surface area contributed by atoms with Crippen molar-refractivity contribution in [2.75, 3.05) is 5.73 Å². The van der Waals surface area contributed by atoms with Crippen molar-refractivity contribution in [2.45, 2.75) is 32.7 Å². The van der Waals surface area contributed by atoms with Gasteiger partial charge in [-0.3, -0.25) is 0 Å². The Labute approximate surface area is 152 Å². The van der Waals surface area contributed by atoms with Gasteiger partial charge in [-0.15, -0.1) is 0 Å². The van der Waals surface area contributed by atoms with Gasteiger partial charge in [0.2, 0.25) is 0 Å². The largest absolute Gasteiger partial charge is 0.383 e. The molecule has 0 fully saturated rings. The van der Waals surface area contributed by atoms with Gasteiger partial charge in [0.05, 0.1) is 11.6 Å². The van der Waals surface area contributed by atoms with E-state index < -0.39 is 5.82 Å². The maximum Gasteiger partial charge on any atom is 0.142 e. The van der Waals surface area contributed by atoms with Crippen molar-refractivity contribution in [3.8, 4) is 11.3 Å². The summed E-state index contributed by atoms with van der Waals surface area (Å²) >= 11 is 5.79. The summed E-state index contributed by atoms with van der Waals surface area (Å²) in [5.74, 6) is 0.906. The first-order chi connectivity index (χ1) is 11.8. The maximum atomic E-state index is 13.9. The van der Waals surface area contributed by atoms with Crippen LogP contribution < -0.4 is 5.73 Å². The minimum Gasteiger partial charge on any atom is -0.383 e. The van der Waals surface area contributed by atoms with Crippen LogP contribution in [0.25, 0.3) is 11.3 Å². The molecule has 5 heteroatoms. The van der Waals surface area contributed by atoms with Crippen molar-refractivity contribution in [1.82, 2.24) is 9.55 Å². The zero-order chi connectivity index (χ0) is 18.2. The molecular formula is C20H21ClFN3. The van der Waals surface area contributed by atoms with Crippen molar-refractivity contribution in [1.29, 1.82) is 0 Å². The smallest absolute Gasteiger partial charge is 0.142 e. The number of anilines is 1. The molecule has 0 radical (unpaired) electrons. The lowest BCUT2D eigenvalue weighted by Gasteiger charge is -2.20. The highest BCUT2D eigenvalue weighted by Gasteiger charge is 2.25. The molecule has 0 aliphatic rings. The monoisotopic (exact) mass is 357 g/mol. The average Bonchev–Trinajstić information content (AvgIpc) is 2.88. The van der Waals surface area contributed by atoms with Crippen LogP contribution >= 0.6 is 11.6 Å². The molecule has 3 aromatic rings. The van der Waals surface area contributed by atoms with Gasteiger partial charge in [-0.25, -0.2) is 9.37 Å². The Kier molecular flexibility index (Phi) is 4.56. The highest BCUT2D eigenvalue weighted by atomic mass is 35.5. The van der Waals surface area contributed by atoms with Crippen molar-refractivity contribution in [3.63, 3.8) is 0 Å². The van der Waals surface area contributed by atoms with E-state index in [0.29, 0.717) is 23.6 Å². The number of aromatic nitrogens is 2.